The first-order chi connectivity index (χ1) is 19.1. The van der Waals surface area contributed by atoms with E-state index < -0.39 is 0 Å². The number of rotatable bonds is 11. The van der Waals surface area contributed by atoms with Crippen molar-refractivity contribution in [1.82, 2.24) is 4.48 Å². The number of unbranched alkanes of at least 4 members (excludes halogenated alkanes) is 1. The zero-order chi connectivity index (χ0) is 28.5. The molecule has 0 saturated carbocycles. The Hall–Kier alpha value is -1.69. The van der Waals surface area contributed by atoms with Gasteiger partial charge in [0.25, 0.3) is 5.01 Å². The van der Waals surface area contributed by atoms with Gasteiger partial charge in [0.1, 0.15) is 4.70 Å². The fourth-order valence-corrected chi connectivity index (χ4v) is 9.05. The molecule has 2 aromatic carbocycles. The number of fused-ring (bicyclic) bond motifs is 3. The van der Waals surface area contributed by atoms with Crippen LogP contribution in [0.5, 0.6) is 0 Å². The van der Waals surface area contributed by atoms with Crippen molar-refractivity contribution in [2.24, 2.45) is 0 Å². The van der Waals surface area contributed by atoms with Crippen LogP contribution < -0.4 is 9.05 Å². The first kappa shape index (κ1) is 29.8. The van der Waals surface area contributed by atoms with Crippen molar-refractivity contribution < 1.29 is 23.7 Å². The second-order valence-electron chi connectivity index (χ2n) is 12.0. The summed E-state index contributed by atoms with van der Waals surface area (Å²) in [5.41, 5.74) is 6.54. The van der Waals surface area contributed by atoms with Gasteiger partial charge < -0.3 is 4.48 Å². The van der Waals surface area contributed by atoms with Crippen LogP contribution in [0.2, 0.25) is 0 Å². The fourth-order valence-electron chi connectivity index (χ4n) is 5.66. The summed E-state index contributed by atoms with van der Waals surface area (Å²) in [6, 6.07) is 13.6. The lowest BCUT2D eigenvalue weighted by molar-refractivity contribution is -0.870. The van der Waals surface area contributed by atoms with Crippen LogP contribution in [0.3, 0.4) is 0 Å². The molecule has 214 valence electrons. The van der Waals surface area contributed by atoms with Crippen molar-refractivity contribution in [3.63, 3.8) is 0 Å². The number of thioether (sulfide) groups is 1. The highest BCUT2D eigenvalue weighted by molar-refractivity contribution is 8.03. The van der Waals surface area contributed by atoms with Crippen LogP contribution in [0, 0.1) is 13.8 Å². The van der Waals surface area contributed by atoms with E-state index in [1.54, 1.807) is 0 Å². The van der Waals surface area contributed by atoms with E-state index in [0.29, 0.717) is 0 Å². The Morgan fingerprint density at radius 1 is 1.15 bits per heavy atom. The van der Waals surface area contributed by atoms with E-state index in [0.717, 1.165) is 34.9 Å². The predicted octanol–water partition coefficient (Wildman–Crippen LogP) is 7.84. The number of hydrogen-bond acceptors (Lipinski definition) is 6. The molecule has 0 aliphatic carbocycles. The number of aryl methyl sites for hydroxylation is 3. The Morgan fingerprint density at radius 2 is 1.93 bits per heavy atom. The monoisotopic (exact) mass is 600 g/mol. The SMILES string of the molecule is CCC(=Cc1sc2ccc(C)cc2[n+]1CCCC[N+](C)(C)C)C=C1Sc2ccc(C)cc2[N+]12CCC2SOOO. The number of hydrogen-bond donors (Lipinski definition) is 1. The molecule has 2 aliphatic rings. The summed E-state index contributed by atoms with van der Waals surface area (Å²) in [4.78, 5) is 1.30. The third-order valence-electron chi connectivity index (χ3n) is 7.93. The Bertz CT molecular complexity index is 1440. The fraction of sp³-hybridized carbons (Fsp3) is 0.452. The highest BCUT2D eigenvalue weighted by atomic mass is 32.2. The first-order valence-electron chi connectivity index (χ1n) is 14.1. The molecule has 1 N–H and O–H groups in total. The van der Waals surface area contributed by atoms with Crippen LogP contribution in [-0.4, -0.2) is 49.3 Å². The zero-order valence-electron chi connectivity index (χ0n) is 24.5. The third kappa shape index (κ3) is 6.08. The van der Waals surface area contributed by atoms with Crippen LogP contribution in [0.1, 0.15) is 48.7 Å². The van der Waals surface area contributed by atoms with Crippen LogP contribution >= 0.6 is 35.1 Å². The molecule has 3 heterocycles. The van der Waals surface area contributed by atoms with Gasteiger partial charge in [0, 0.05) is 37.1 Å². The molecule has 5 rings (SSSR count). The minimum Gasteiger partial charge on any atom is -0.331 e. The molecule has 2 atom stereocenters. The number of nitrogens with zero attached hydrogens (tertiary/aromatic N) is 3. The molecule has 40 heavy (non-hydrogen) atoms. The normalized spacial score (nSPS) is 21.9. The smallest absolute Gasteiger partial charge is 0.263 e. The van der Waals surface area contributed by atoms with Gasteiger partial charge in [0.05, 0.1) is 57.6 Å². The second-order valence-corrected chi connectivity index (χ2v) is 15.0. The van der Waals surface area contributed by atoms with Crippen LogP contribution in [0.15, 0.2) is 58.0 Å². The van der Waals surface area contributed by atoms with Crippen molar-refractivity contribution in [2.45, 2.75) is 63.3 Å². The van der Waals surface area contributed by atoms with Gasteiger partial charge in [-0.1, -0.05) is 35.4 Å². The van der Waals surface area contributed by atoms with E-state index in [9.17, 15) is 0 Å². The van der Waals surface area contributed by atoms with Crippen LogP contribution in [-0.2, 0) is 15.9 Å². The maximum atomic E-state index is 8.86. The summed E-state index contributed by atoms with van der Waals surface area (Å²) in [5.74, 6) is 0. The summed E-state index contributed by atoms with van der Waals surface area (Å²) in [6.45, 7) is 9.80. The molecule has 1 fully saturated rings. The van der Waals surface area contributed by atoms with E-state index >= 15 is 0 Å². The van der Waals surface area contributed by atoms with E-state index in [-0.39, 0.29) is 5.37 Å². The summed E-state index contributed by atoms with van der Waals surface area (Å²) >= 11 is 4.97. The third-order valence-corrected chi connectivity index (χ3v) is 11.2. The molecule has 1 spiro atoms. The Balaban J connectivity index is 1.51. The standard InChI is InChI=1S/C31H41N3O3S3/c1-7-24(20-29-32(15-8-9-16-33(4,5)6)25-18-22(2)10-12-27(25)38-29)21-31-34(17-14-30(34)40-37-36-35)26-19-23(3)11-13-28(26)39-31/h10-13,18-21,30H,7-9,14-17H2,1-6H3/q+2/p+1. The van der Waals surface area contributed by atoms with Crippen LogP contribution in [0.25, 0.3) is 16.3 Å². The van der Waals surface area contributed by atoms with Crippen molar-refractivity contribution in [3.05, 3.63) is 69.2 Å². The van der Waals surface area contributed by atoms with Crippen molar-refractivity contribution in [1.29, 1.82) is 0 Å². The summed E-state index contributed by atoms with van der Waals surface area (Å²) in [5, 5.41) is 15.6. The number of thiazole rings is 1. The minimum atomic E-state index is 0.130. The van der Waals surface area contributed by atoms with Gasteiger partial charge in [-0.25, -0.2) is 9.74 Å². The molecule has 1 saturated heterocycles. The van der Waals surface area contributed by atoms with Gasteiger partial charge in [0.15, 0.2) is 22.6 Å². The zero-order valence-corrected chi connectivity index (χ0v) is 26.9. The van der Waals surface area contributed by atoms with Gasteiger partial charge in [-0.05, 0) is 60.9 Å². The predicted molar refractivity (Wildman–Crippen MR) is 170 cm³/mol. The molecule has 2 aliphatic heterocycles. The lowest BCUT2D eigenvalue weighted by Crippen LogP contribution is -2.62. The van der Waals surface area contributed by atoms with Crippen molar-refractivity contribution >= 4 is 57.1 Å². The van der Waals surface area contributed by atoms with Crippen molar-refractivity contribution in [3.8, 4) is 0 Å². The lowest BCUT2D eigenvalue weighted by Gasteiger charge is -2.47. The topological polar surface area (TPSA) is 42.6 Å². The maximum Gasteiger partial charge on any atom is 0.263 e. The molecule has 9 heteroatoms. The van der Waals surface area contributed by atoms with Gasteiger partial charge in [-0.2, -0.15) is 4.57 Å². The average molecular weight is 601 g/mol. The highest BCUT2D eigenvalue weighted by Gasteiger charge is 2.57. The Kier molecular flexibility index (Phi) is 9.14. The van der Waals surface area contributed by atoms with Crippen LogP contribution in [0.4, 0.5) is 5.69 Å². The number of quaternary nitrogens is 2. The number of benzene rings is 2. The molecule has 1 aromatic heterocycles. The molecule has 0 amide bonds. The summed E-state index contributed by atoms with van der Waals surface area (Å²) in [7, 11) is 6.81. The molecule has 0 radical (unpaired) electrons. The molecule has 3 aromatic rings. The van der Waals surface area contributed by atoms with Gasteiger partial charge in [0.2, 0.25) is 5.52 Å². The largest absolute Gasteiger partial charge is 0.331 e. The average Bonchev–Trinajstić information content (AvgIpc) is 3.40. The molecular weight excluding hydrogens is 559 g/mol. The number of aromatic nitrogens is 1. The molecule has 0 bridgehead atoms. The van der Waals surface area contributed by atoms with Gasteiger partial charge >= 0.3 is 0 Å². The Labute approximate surface area is 251 Å². The number of allylic oxidation sites excluding steroid dienone is 2. The van der Waals surface area contributed by atoms with E-state index in [2.05, 4.69) is 100 Å². The lowest BCUT2D eigenvalue weighted by atomic mass is 10.0. The van der Waals surface area contributed by atoms with E-state index in [1.165, 1.54) is 79.0 Å². The summed E-state index contributed by atoms with van der Waals surface area (Å²) in [6.07, 6.45) is 9.13. The molecule has 2 unspecified atom stereocenters. The minimum absolute atomic E-state index is 0.130. The van der Waals surface area contributed by atoms with Gasteiger partial charge in [-0.3, -0.25) is 0 Å². The quantitative estimate of drug-likeness (QED) is 0.0607. The molecule has 6 nitrogen and oxygen atoms in total. The highest BCUT2D eigenvalue weighted by Crippen LogP contribution is 2.59. The Morgan fingerprint density at radius 3 is 2.62 bits per heavy atom. The van der Waals surface area contributed by atoms with E-state index in [4.69, 9.17) is 9.59 Å². The first-order valence-corrected chi connectivity index (χ1v) is 16.5. The molecular formula is C31H42N3O3S3+3. The second kappa shape index (κ2) is 12.3. The summed E-state index contributed by atoms with van der Waals surface area (Å²) < 4.78 is 10.6. The van der Waals surface area contributed by atoms with Crippen molar-refractivity contribution in [2.75, 3.05) is 34.2 Å². The van der Waals surface area contributed by atoms with Gasteiger partial charge in [-0.15, -0.1) is 4.33 Å². The maximum absolute atomic E-state index is 8.86. The van der Waals surface area contributed by atoms with E-state index in [1.807, 2.05) is 23.1 Å².